The van der Waals surface area contributed by atoms with E-state index in [9.17, 15) is 4.79 Å². The maximum atomic E-state index is 12.4. The molecular formula is C22H27N3O3. The molecule has 1 saturated heterocycles. The zero-order valence-corrected chi connectivity index (χ0v) is 16.7. The Morgan fingerprint density at radius 3 is 2.11 bits per heavy atom. The van der Waals surface area contributed by atoms with E-state index in [1.807, 2.05) is 19.1 Å². The van der Waals surface area contributed by atoms with Crippen molar-refractivity contribution in [3.63, 3.8) is 0 Å². The third-order valence-corrected chi connectivity index (χ3v) is 4.95. The second-order valence-corrected chi connectivity index (χ2v) is 6.83. The molecule has 1 N–H and O–H groups in total. The van der Waals surface area contributed by atoms with E-state index in [4.69, 9.17) is 9.47 Å². The molecule has 3 rings (SSSR count). The fourth-order valence-corrected chi connectivity index (χ4v) is 3.27. The van der Waals surface area contributed by atoms with E-state index in [0.29, 0.717) is 17.1 Å². The predicted molar refractivity (Wildman–Crippen MR) is 112 cm³/mol. The monoisotopic (exact) mass is 381 g/mol. The number of hydrogen-bond donors (Lipinski definition) is 1. The van der Waals surface area contributed by atoms with E-state index in [1.165, 1.54) is 24.9 Å². The van der Waals surface area contributed by atoms with Crippen LogP contribution in [0.5, 0.6) is 11.5 Å². The number of hydrogen-bond acceptors (Lipinski definition) is 5. The highest BCUT2D eigenvalue weighted by atomic mass is 16.5. The van der Waals surface area contributed by atoms with Crippen LogP contribution in [0, 0.1) is 0 Å². The number of benzene rings is 2. The number of ether oxygens (including phenoxy) is 2. The second kappa shape index (κ2) is 9.26. The lowest BCUT2D eigenvalue weighted by molar-refractivity contribution is 0.0954. The number of rotatable bonds is 6. The van der Waals surface area contributed by atoms with Gasteiger partial charge in [-0.25, -0.2) is 5.43 Å². The number of nitrogens with one attached hydrogen (secondary N) is 1. The average molecular weight is 381 g/mol. The van der Waals surface area contributed by atoms with Gasteiger partial charge in [0, 0.05) is 30.4 Å². The number of piperidine rings is 1. The molecule has 2 aromatic rings. The Labute approximate surface area is 166 Å². The normalized spacial score (nSPS) is 14.5. The summed E-state index contributed by atoms with van der Waals surface area (Å²) in [5.41, 5.74) is 5.99. The van der Waals surface area contributed by atoms with E-state index < -0.39 is 0 Å². The van der Waals surface area contributed by atoms with Crippen molar-refractivity contribution >= 4 is 17.3 Å². The van der Waals surface area contributed by atoms with Gasteiger partial charge in [0.15, 0.2) is 0 Å². The van der Waals surface area contributed by atoms with Crippen molar-refractivity contribution in [2.24, 2.45) is 5.10 Å². The van der Waals surface area contributed by atoms with Crippen molar-refractivity contribution in [3.05, 3.63) is 53.6 Å². The third-order valence-electron chi connectivity index (χ3n) is 4.95. The van der Waals surface area contributed by atoms with E-state index in [-0.39, 0.29) is 5.91 Å². The summed E-state index contributed by atoms with van der Waals surface area (Å²) in [6.07, 6.45) is 3.83. The average Bonchev–Trinajstić information content (AvgIpc) is 2.77. The second-order valence-electron chi connectivity index (χ2n) is 6.83. The van der Waals surface area contributed by atoms with Crippen LogP contribution in [0.4, 0.5) is 5.69 Å². The Hall–Kier alpha value is -3.02. The van der Waals surface area contributed by atoms with E-state index in [1.54, 1.807) is 32.4 Å². The topological polar surface area (TPSA) is 63.2 Å². The van der Waals surface area contributed by atoms with Crippen molar-refractivity contribution in [1.82, 2.24) is 5.43 Å². The fourth-order valence-electron chi connectivity index (χ4n) is 3.27. The minimum absolute atomic E-state index is 0.318. The summed E-state index contributed by atoms with van der Waals surface area (Å²) in [7, 11) is 3.10. The third kappa shape index (κ3) is 4.82. The zero-order valence-electron chi connectivity index (χ0n) is 16.7. The van der Waals surface area contributed by atoms with Gasteiger partial charge in [0.2, 0.25) is 0 Å². The molecule has 0 radical (unpaired) electrons. The lowest BCUT2D eigenvalue weighted by Crippen LogP contribution is -2.29. The van der Waals surface area contributed by atoms with Gasteiger partial charge in [-0.05, 0) is 56.0 Å². The molecule has 148 valence electrons. The Balaban J connectivity index is 1.67. The number of carbonyl (C=O) groups is 1. The SMILES string of the molecule is COc1cc(OC)cc(C(=O)NN=C(C)c2ccc(N3CCCCC3)cc2)c1. The number of amides is 1. The quantitative estimate of drug-likeness (QED) is 0.610. The number of anilines is 1. The van der Waals surface area contributed by atoms with Crippen molar-refractivity contribution in [1.29, 1.82) is 0 Å². The van der Waals surface area contributed by atoms with Crippen LogP contribution < -0.4 is 19.8 Å². The molecule has 1 amide bonds. The summed E-state index contributed by atoms with van der Waals surface area (Å²) < 4.78 is 10.4. The molecule has 0 bridgehead atoms. The van der Waals surface area contributed by atoms with Crippen LogP contribution in [-0.2, 0) is 0 Å². The van der Waals surface area contributed by atoms with Crippen LogP contribution in [-0.4, -0.2) is 38.9 Å². The van der Waals surface area contributed by atoms with E-state index in [0.717, 1.165) is 24.4 Å². The molecule has 1 heterocycles. The van der Waals surface area contributed by atoms with Gasteiger partial charge in [0.1, 0.15) is 11.5 Å². The van der Waals surface area contributed by atoms with Gasteiger partial charge >= 0.3 is 0 Å². The van der Waals surface area contributed by atoms with Gasteiger partial charge < -0.3 is 14.4 Å². The number of nitrogens with zero attached hydrogens (tertiary/aromatic N) is 2. The lowest BCUT2D eigenvalue weighted by atomic mass is 10.1. The van der Waals surface area contributed by atoms with Gasteiger partial charge in [-0.3, -0.25) is 4.79 Å². The smallest absolute Gasteiger partial charge is 0.271 e. The Morgan fingerprint density at radius 1 is 0.929 bits per heavy atom. The van der Waals surface area contributed by atoms with Gasteiger partial charge in [-0.1, -0.05) is 12.1 Å². The number of hydrazone groups is 1. The molecule has 1 aliphatic heterocycles. The van der Waals surface area contributed by atoms with Crippen LogP contribution in [0.2, 0.25) is 0 Å². The van der Waals surface area contributed by atoms with Gasteiger partial charge in [0.05, 0.1) is 19.9 Å². The molecule has 0 aliphatic carbocycles. The molecule has 6 nitrogen and oxygen atoms in total. The molecule has 0 saturated carbocycles. The maximum Gasteiger partial charge on any atom is 0.271 e. The molecule has 1 aliphatic rings. The fraction of sp³-hybridized carbons (Fsp3) is 0.364. The minimum Gasteiger partial charge on any atom is -0.497 e. The highest BCUT2D eigenvalue weighted by Crippen LogP contribution is 2.23. The van der Waals surface area contributed by atoms with Gasteiger partial charge in [-0.2, -0.15) is 5.10 Å². The lowest BCUT2D eigenvalue weighted by Gasteiger charge is -2.28. The van der Waals surface area contributed by atoms with Crippen molar-refractivity contribution in [3.8, 4) is 11.5 Å². The van der Waals surface area contributed by atoms with Crippen molar-refractivity contribution in [2.75, 3.05) is 32.2 Å². The summed E-state index contributed by atoms with van der Waals surface area (Å²) in [6.45, 7) is 4.11. The Morgan fingerprint density at radius 2 is 1.54 bits per heavy atom. The minimum atomic E-state index is -0.318. The maximum absolute atomic E-state index is 12.4. The molecule has 28 heavy (non-hydrogen) atoms. The predicted octanol–water partition coefficient (Wildman–Crippen LogP) is 3.85. The first kappa shape index (κ1) is 19.7. The molecule has 0 aromatic heterocycles. The molecule has 6 heteroatoms. The van der Waals surface area contributed by atoms with Crippen LogP contribution in [0.1, 0.15) is 42.1 Å². The van der Waals surface area contributed by atoms with E-state index >= 15 is 0 Å². The number of methoxy groups -OCH3 is 2. The number of carbonyl (C=O) groups excluding carboxylic acids is 1. The van der Waals surface area contributed by atoms with Crippen LogP contribution >= 0.6 is 0 Å². The summed E-state index contributed by atoms with van der Waals surface area (Å²) in [4.78, 5) is 14.9. The first-order chi connectivity index (χ1) is 13.6. The first-order valence-electron chi connectivity index (χ1n) is 9.54. The van der Waals surface area contributed by atoms with Crippen LogP contribution in [0.3, 0.4) is 0 Å². The zero-order chi connectivity index (χ0) is 19.9. The summed E-state index contributed by atoms with van der Waals surface area (Å²) >= 11 is 0. The van der Waals surface area contributed by atoms with Gasteiger partial charge in [-0.15, -0.1) is 0 Å². The summed E-state index contributed by atoms with van der Waals surface area (Å²) in [5.74, 6) is 0.790. The highest BCUT2D eigenvalue weighted by molar-refractivity contribution is 6.01. The van der Waals surface area contributed by atoms with Crippen LogP contribution in [0.25, 0.3) is 0 Å². The largest absolute Gasteiger partial charge is 0.497 e. The molecular weight excluding hydrogens is 354 g/mol. The molecule has 0 spiro atoms. The molecule has 0 unspecified atom stereocenters. The van der Waals surface area contributed by atoms with Crippen LogP contribution in [0.15, 0.2) is 47.6 Å². The summed E-state index contributed by atoms with van der Waals surface area (Å²) in [6, 6.07) is 13.3. The standard InChI is InChI=1S/C22H27N3O3/c1-16(17-7-9-19(10-8-17)25-11-5-4-6-12-25)23-24-22(26)18-13-20(27-2)15-21(14-18)28-3/h7-10,13-15H,4-6,11-12H2,1-3H3,(H,24,26). The Bertz CT molecular complexity index is 818. The van der Waals surface area contributed by atoms with E-state index in [2.05, 4.69) is 27.6 Å². The summed E-state index contributed by atoms with van der Waals surface area (Å²) in [5, 5.41) is 4.25. The Kier molecular flexibility index (Phi) is 6.53. The highest BCUT2D eigenvalue weighted by Gasteiger charge is 2.12. The first-order valence-corrected chi connectivity index (χ1v) is 9.54. The molecule has 2 aromatic carbocycles. The van der Waals surface area contributed by atoms with Crippen molar-refractivity contribution < 1.29 is 14.3 Å². The van der Waals surface area contributed by atoms with Crippen molar-refractivity contribution in [2.45, 2.75) is 26.2 Å². The molecule has 1 fully saturated rings. The van der Waals surface area contributed by atoms with Gasteiger partial charge in [0.25, 0.3) is 5.91 Å². The molecule has 0 atom stereocenters.